The number of aromatic nitrogens is 3. The first-order valence-corrected chi connectivity index (χ1v) is 6.23. The maximum atomic E-state index is 4.03. The molecule has 0 bridgehead atoms. The summed E-state index contributed by atoms with van der Waals surface area (Å²) < 4.78 is 2.97. The fourth-order valence-corrected chi connectivity index (χ4v) is 1.89. The van der Waals surface area contributed by atoms with Crippen LogP contribution in [0.25, 0.3) is 5.69 Å². The van der Waals surface area contributed by atoms with Crippen LogP contribution in [0.5, 0.6) is 0 Å². The van der Waals surface area contributed by atoms with Gasteiger partial charge in [0.1, 0.15) is 0 Å². The second kappa shape index (κ2) is 4.39. The van der Waals surface area contributed by atoms with Crippen LogP contribution in [-0.4, -0.2) is 15.0 Å². The van der Waals surface area contributed by atoms with Crippen LogP contribution in [0.4, 0.5) is 0 Å². The first-order chi connectivity index (χ1) is 6.79. The van der Waals surface area contributed by atoms with Gasteiger partial charge in [0.2, 0.25) is 0 Å². The molecule has 0 fully saturated rings. The zero-order valence-corrected chi connectivity index (χ0v) is 10.9. The van der Waals surface area contributed by atoms with Gasteiger partial charge in [-0.1, -0.05) is 27.2 Å². The van der Waals surface area contributed by atoms with Crippen LogP contribution in [0.15, 0.2) is 30.5 Å². The lowest BCUT2D eigenvalue weighted by Gasteiger charge is -1.99. The van der Waals surface area contributed by atoms with Crippen LogP contribution < -0.4 is 0 Å². The van der Waals surface area contributed by atoms with Crippen LogP contribution >= 0.6 is 38.5 Å². The van der Waals surface area contributed by atoms with E-state index in [9.17, 15) is 0 Å². The highest BCUT2D eigenvalue weighted by atomic mass is 127. The Labute approximate surface area is 104 Å². The van der Waals surface area contributed by atoms with E-state index >= 15 is 0 Å². The maximum Gasteiger partial charge on any atom is 0.0937 e. The normalized spacial score (nSPS) is 10.4. The molecule has 0 radical (unpaired) electrons. The average molecular weight is 364 g/mol. The minimum absolute atomic E-state index is 0.733. The molecule has 0 aliphatic heterocycles. The molecule has 14 heavy (non-hydrogen) atoms. The van der Waals surface area contributed by atoms with Gasteiger partial charge < -0.3 is 0 Å². The third-order valence-corrected chi connectivity index (χ3v) is 3.00. The molecule has 72 valence electrons. The molecule has 0 N–H and O–H groups in total. The van der Waals surface area contributed by atoms with E-state index < -0.39 is 0 Å². The largest absolute Gasteiger partial charge is 0.220 e. The molecule has 3 nitrogen and oxygen atoms in total. The summed E-state index contributed by atoms with van der Waals surface area (Å²) >= 11 is 5.62. The summed E-state index contributed by atoms with van der Waals surface area (Å²) in [6, 6.07) is 8.13. The molecule has 0 amide bonds. The van der Waals surface area contributed by atoms with E-state index in [1.54, 1.807) is 4.68 Å². The molecule has 0 aliphatic carbocycles. The first-order valence-electron chi connectivity index (χ1n) is 4.03. The third kappa shape index (κ3) is 2.14. The Morgan fingerprint density at radius 2 is 2.29 bits per heavy atom. The van der Waals surface area contributed by atoms with E-state index in [-0.39, 0.29) is 0 Å². The molecule has 0 saturated heterocycles. The van der Waals surface area contributed by atoms with Gasteiger partial charge in [-0.05, 0) is 40.8 Å². The van der Waals surface area contributed by atoms with E-state index in [1.807, 2.05) is 24.4 Å². The van der Waals surface area contributed by atoms with Crippen molar-refractivity contribution in [2.75, 3.05) is 0 Å². The van der Waals surface area contributed by atoms with Crippen molar-refractivity contribution in [3.63, 3.8) is 0 Å². The number of alkyl halides is 1. The minimum Gasteiger partial charge on any atom is -0.220 e. The van der Waals surface area contributed by atoms with Crippen LogP contribution in [0, 0.1) is 3.57 Å². The van der Waals surface area contributed by atoms with E-state index in [2.05, 4.69) is 54.9 Å². The van der Waals surface area contributed by atoms with E-state index in [1.165, 1.54) is 3.57 Å². The molecule has 0 unspecified atom stereocenters. The van der Waals surface area contributed by atoms with Gasteiger partial charge in [-0.15, -0.1) is 5.10 Å². The Bertz CT molecular complexity index is 441. The molecule has 0 saturated carbocycles. The fraction of sp³-hybridized carbons (Fsp3) is 0.111. The Kier molecular flexibility index (Phi) is 3.17. The summed E-state index contributed by atoms with van der Waals surface area (Å²) in [6.45, 7) is 0. The summed E-state index contributed by atoms with van der Waals surface area (Å²) in [7, 11) is 0. The Morgan fingerprint density at radius 3 is 2.93 bits per heavy atom. The minimum atomic E-state index is 0.733. The van der Waals surface area contributed by atoms with Gasteiger partial charge in [-0.3, -0.25) is 0 Å². The summed E-state index contributed by atoms with van der Waals surface area (Å²) in [5.41, 5.74) is 1.97. The third-order valence-electron chi connectivity index (χ3n) is 1.75. The highest BCUT2D eigenvalue weighted by Gasteiger charge is 2.01. The summed E-state index contributed by atoms with van der Waals surface area (Å²) in [5, 5.41) is 8.77. The molecule has 0 aliphatic rings. The van der Waals surface area contributed by atoms with Crippen molar-refractivity contribution >= 4 is 38.5 Å². The molecule has 2 aromatic rings. The van der Waals surface area contributed by atoms with Crippen LogP contribution in [0.3, 0.4) is 0 Å². The molecule has 1 heterocycles. The van der Waals surface area contributed by atoms with Crippen molar-refractivity contribution in [3.05, 3.63) is 39.7 Å². The van der Waals surface area contributed by atoms with Crippen LogP contribution in [0.2, 0.25) is 0 Å². The molecule has 0 spiro atoms. The van der Waals surface area contributed by atoms with Gasteiger partial charge in [0.15, 0.2) is 0 Å². The summed E-state index contributed by atoms with van der Waals surface area (Å²) in [4.78, 5) is 0. The molecular formula is C9H7BrIN3. The highest BCUT2D eigenvalue weighted by molar-refractivity contribution is 14.1. The summed E-state index contributed by atoms with van der Waals surface area (Å²) in [6.07, 6.45) is 1.92. The fourth-order valence-electron chi connectivity index (χ4n) is 1.10. The predicted octanol–water partition coefficient (Wildman–Crippen LogP) is 2.77. The van der Waals surface area contributed by atoms with E-state index in [4.69, 9.17) is 0 Å². The molecule has 1 aromatic heterocycles. The van der Waals surface area contributed by atoms with Gasteiger partial charge in [0, 0.05) is 8.90 Å². The number of halogens is 2. The molecule has 2 rings (SSSR count). The Morgan fingerprint density at radius 1 is 1.43 bits per heavy atom. The lowest BCUT2D eigenvalue weighted by Crippen LogP contribution is -1.94. The quantitative estimate of drug-likeness (QED) is 0.606. The standard InChI is InChI=1S/C9H7BrIN3/c10-5-8-6-14(13-12-8)9-3-1-2-7(11)4-9/h1-4,6H,5H2. The van der Waals surface area contributed by atoms with Gasteiger partial charge in [0.25, 0.3) is 0 Å². The highest BCUT2D eigenvalue weighted by Crippen LogP contribution is 2.12. The Hall–Kier alpha value is -0.430. The van der Waals surface area contributed by atoms with Crippen LogP contribution in [0.1, 0.15) is 5.69 Å². The lowest BCUT2D eigenvalue weighted by molar-refractivity contribution is 0.800. The second-order valence-corrected chi connectivity index (χ2v) is 4.57. The average Bonchev–Trinajstić information content (AvgIpc) is 2.66. The van der Waals surface area contributed by atoms with Gasteiger partial charge in [0.05, 0.1) is 17.6 Å². The predicted molar refractivity (Wildman–Crippen MR) is 66.7 cm³/mol. The molecule has 0 atom stereocenters. The van der Waals surface area contributed by atoms with Gasteiger partial charge in [-0.25, -0.2) is 4.68 Å². The lowest BCUT2D eigenvalue weighted by atomic mass is 10.3. The molecule has 5 heteroatoms. The first kappa shape index (κ1) is 10.1. The SMILES string of the molecule is BrCc1cn(-c2cccc(I)c2)nn1. The van der Waals surface area contributed by atoms with Crippen LogP contribution in [-0.2, 0) is 5.33 Å². The molecule has 1 aromatic carbocycles. The summed E-state index contributed by atoms with van der Waals surface area (Å²) in [5.74, 6) is 0. The second-order valence-electron chi connectivity index (χ2n) is 2.77. The van der Waals surface area contributed by atoms with Crippen molar-refractivity contribution in [3.8, 4) is 5.69 Å². The zero-order valence-electron chi connectivity index (χ0n) is 7.19. The Balaban J connectivity index is 2.39. The topological polar surface area (TPSA) is 30.7 Å². The number of benzene rings is 1. The number of hydrogen-bond donors (Lipinski definition) is 0. The zero-order chi connectivity index (χ0) is 9.97. The van der Waals surface area contributed by atoms with Crippen molar-refractivity contribution in [1.29, 1.82) is 0 Å². The van der Waals surface area contributed by atoms with Crippen molar-refractivity contribution in [2.45, 2.75) is 5.33 Å². The molecular weight excluding hydrogens is 357 g/mol. The maximum absolute atomic E-state index is 4.03. The number of nitrogens with zero attached hydrogens (tertiary/aromatic N) is 3. The van der Waals surface area contributed by atoms with E-state index in [0.717, 1.165) is 16.7 Å². The smallest absolute Gasteiger partial charge is 0.0937 e. The van der Waals surface area contributed by atoms with Crippen molar-refractivity contribution < 1.29 is 0 Å². The van der Waals surface area contributed by atoms with E-state index in [0.29, 0.717) is 0 Å². The monoisotopic (exact) mass is 363 g/mol. The number of hydrogen-bond acceptors (Lipinski definition) is 2. The van der Waals surface area contributed by atoms with Crippen molar-refractivity contribution in [1.82, 2.24) is 15.0 Å². The number of rotatable bonds is 2. The van der Waals surface area contributed by atoms with Gasteiger partial charge >= 0.3 is 0 Å². The van der Waals surface area contributed by atoms with Crippen molar-refractivity contribution in [2.24, 2.45) is 0 Å². The van der Waals surface area contributed by atoms with Gasteiger partial charge in [-0.2, -0.15) is 0 Å².